The number of carboxylic acids is 1. The highest BCUT2D eigenvalue weighted by atomic mass is 16.5. The third kappa shape index (κ3) is 6.07. The van der Waals surface area contributed by atoms with Gasteiger partial charge in [0.05, 0.1) is 6.54 Å². The highest BCUT2D eigenvalue weighted by Gasteiger charge is 2.18. The van der Waals surface area contributed by atoms with Crippen molar-refractivity contribution in [1.82, 2.24) is 10.1 Å². The number of hydrogen-bond acceptors (Lipinski definition) is 5. The third-order valence-electron chi connectivity index (χ3n) is 2.75. The van der Waals surface area contributed by atoms with Crippen molar-refractivity contribution in [2.45, 2.75) is 26.7 Å². The zero-order valence-electron chi connectivity index (χ0n) is 12.3. The molecule has 0 saturated carbocycles. The van der Waals surface area contributed by atoms with Gasteiger partial charge in [0.2, 0.25) is 11.8 Å². The van der Waals surface area contributed by atoms with Crippen molar-refractivity contribution < 1.29 is 24.0 Å². The van der Waals surface area contributed by atoms with E-state index < -0.39 is 11.9 Å². The second kappa shape index (κ2) is 7.41. The Kier molecular flexibility index (Phi) is 5.89. The van der Waals surface area contributed by atoms with E-state index in [1.165, 1.54) is 11.9 Å². The maximum Gasteiger partial charge on any atom is 0.303 e. The zero-order chi connectivity index (χ0) is 16.0. The fourth-order valence-corrected chi connectivity index (χ4v) is 1.74. The average molecular weight is 297 g/mol. The molecule has 1 unspecified atom stereocenters. The van der Waals surface area contributed by atoms with Gasteiger partial charge in [-0.25, -0.2) is 0 Å². The SMILES string of the molecule is Cc1cc(NC(=O)CN(C)C(=O)CC(C)CC(=O)O)no1. The molecule has 0 radical (unpaired) electrons. The van der Waals surface area contributed by atoms with Crippen LogP contribution in [-0.2, 0) is 14.4 Å². The van der Waals surface area contributed by atoms with Crippen molar-refractivity contribution in [2.75, 3.05) is 18.9 Å². The van der Waals surface area contributed by atoms with Crippen LogP contribution >= 0.6 is 0 Å². The highest BCUT2D eigenvalue weighted by molar-refractivity contribution is 5.93. The molecule has 1 rings (SSSR count). The van der Waals surface area contributed by atoms with Crippen LogP contribution in [0, 0.1) is 12.8 Å². The van der Waals surface area contributed by atoms with Crippen LogP contribution in [0.4, 0.5) is 5.82 Å². The summed E-state index contributed by atoms with van der Waals surface area (Å²) in [6.45, 7) is 3.24. The van der Waals surface area contributed by atoms with Crippen LogP contribution < -0.4 is 5.32 Å². The minimum atomic E-state index is -0.947. The summed E-state index contributed by atoms with van der Waals surface area (Å²) in [5, 5.41) is 14.8. The van der Waals surface area contributed by atoms with E-state index in [4.69, 9.17) is 9.63 Å². The fraction of sp³-hybridized carbons (Fsp3) is 0.538. The number of hydrogen-bond donors (Lipinski definition) is 2. The number of nitrogens with zero attached hydrogens (tertiary/aromatic N) is 2. The maximum absolute atomic E-state index is 11.8. The van der Waals surface area contributed by atoms with Crippen LogP contribution in [0.15, 0.2) is 10.6 Å². The van der Waals surface area contributed by atoms with Gasteiger partial charge in [0.1, 0.15) is 5.76 Å². The van der Waals surface area contributed by atoms with Crippen LogP contribution in [0.2, 0.25) is 0 Å². The summed E-state index contributed by atoms with van der Waals surface area (Å²) in [5.41, 5.74) is 0. The average Bonchev–Trinajstić information content (AvgIpc) is 2.72. The number of amides is 2. The molecule has 0 aliphatic rings. The fourth-order valence-electron chi connectivity index (χ4n) is 1.74. The third-order valence-corrected chi connectivity index (χ3v) is 2.75. The molecule has 8 nitrogen and oxygen atoms in total. The Morgan fingerprint density at radius 1 is 1.43 bits per heavy atom. The van der Waals surface area contributed by atoms with Gasteiger partial charge in [-0.2, -0.15) is 0 Å². The topological polar surface area (TPSA) is 113 Å². The normalized spacial score (nSPS) is 11.8. The predicted molar refractivity (Wildman–Crippen MR) is 73.5 cm³/mol. The largest absolute Gasteiger partial charge is 0.481 e. The molecule has 0 bridgehead atoms. The van der Waals surface area contributed by atoms with Crippen LogP contribution in [0.25, 0.3) is 0 Å². The molecule has 1 aromatic heterocycles. The molecule has 0 fully saturated rings. The van der Waals surface area contributed by atoms with Crippen LogP contribution in [-0.4, -0.2) is 46.5 Å². The molecular formula is C13H19N3O5. The quantitative estimate of drug-likeness (QED) is 0.772. The molecule has 0 aliphatic carbocycles. The van der Waals surface area contributed by atoms with Crippen LogP contribution in [0.5, 0.6) is 0 Å². The van der Waals surface area contributed by atoms with Gasteiger partial charge in [0, 0.05) is 26.0 Å². The Bertz CT molecular complexity index is 526. The van der Waals surface area contributed by atoms with Gasteiger partial charge in [-0.1, -0.05) is 12.1 Å². The molecule has 0 spiro atoms. The first-order valence-electron chi connectivity index (χ1n) is 6.47. The Balaban J connectivity index is 2.40. The van der Waals surface area contributed by atoms with Gasteiger partial charge >= 0.3 is 5.97 Å². The number of carbonyl (C=O) groups is 3. The Hall–Kier alpha value is -2.38. The molecule has 0 saturated heterocycles. The van der Waals surface area contributed by atoms with Crippen molar-refractivity contribution in [2.24, 2.45) is 5.92 Å². The van der Waals surface area contributed by atoms with Gasteiger partial charge < -0.3 is 19.8 Å². The molecule has 8 heteroatoms. The summed E-state index contributed by atoms with van der Waals surface area (Å²) in [4.78, 5) is 35.4. The van der Waals surface area contributed by atoms with E-state index in [0.717, 1.165) is 0 Å². The standard InChI is InChI=1S/C13H19N3O5/c1-8(5-13(19)20)4-12(18)16(3)7-11(17)14-10-6-9(2)21-15-10/h6,8H,4-5,7H2,1-3H3,(H,19,20)(H,14,15,17). The molecule has 0 aliphatic heterocycles. The second-order valence-corrected chi connectivity index (χ2v) is 5.03. The van der Waals surface area contributed by atoms with Gasteiger partial charge in [0.25, 0.3) is 0 Å². The monoisotopic (exact) mass is 297 g/mol. The van der Waals surface area contributed by atoms with Crippen LogP contribution in [0.1, 0.15) is 25.5 Å². The summed E-state index contributed by atoms with van der Waals surface area (Å²) >= 11 is 0. The summed E-state index contributed by atoms with van der Waals surface area (Å²) in [6, 6.07) is 1.56. The van der Waals surface area contributed by atoms with Crippen molar-refractivity contribution in [3.63, 3.8) is 0 Å². The number of likely N-dealkylation sites (N-methyl/N-ethyl adjacent to an activating group) is 1. The number of anilines is 1. The zero-order valence-corrected chi connectivity index (χ0v) is 12.3. The van der Waals surface area contributed by atoms with Crippen molar-refractivity contribution in [1.29, 1.82) is 0 Å². The van der Waals surface area contributed by atoms with Gasteiger partial charge in [-0.15, -0.1) is 0 Å². The van der Waals surface area contributed by atoms with Crippen molar-refractivity contribution >= 4 is 23.6 Å². The molecule has 0 aromatic carbocycles. The summed E-state index contributed by atoms with van der Waals surface area (Å²) in [5.74, 6) is -1.05. The lowest BCUT2D eigenvalue weighted by atomic mass is 10.0. The van der Waals surface area contributed by atoms with E-state index in [9.17, 15) is 14.4 Å². The van der Waals surface area contributed by atoms with E-state index >= 15 is 0 Å². The molecule has 1 atom stereocenters. The smallest absolute Gasteiger partial charge is 0.303 e. The Morgan fingerprint density at radius 3 is 2.62 bits per heavy atom. The highest BCUT2D eigenvalue weighted by Crippen LogP contribution is 2.10. The molecule has 21 heavy (non-hydrogen) atoms. The first-order valence-corrected chi connectivity index (χ1v) is 6.47. The van der Waals surface area contributed by atoms with E-state index in [-0.39, 0.29) is 37.0 Å². The van der Waals surface area contributed by atoms with Crippen LogP contribution in [0.3, 0.4) is 0 Å². The molecule has 1 heterocycles. The van der Waals surface area contributed by atoms with E-state index in [0.29, 0.717) is 5.76 Å². The minimum absolute atomic E-state index is 0.0794. The first-order chi connectivity index (χ1) is 9.77. The van der Waals surface area contributed by atoms with Gasteiger partial charge in [-0.3, -0.25) is 14.4 Å². The lowest BCUT2D eigenvalue weighted by Crippen LogP contribution is -2.35. The lowest BCUT2D eigenvalue weighted by Gasteiger charge is -2.18. The number of aromatic nitrogens is 1. The molecule has 116 valence electrons. The Morgan fingerprint density at radius 2 is 2.10 bits per heavy atom. The minimum Gasteiger partial charge on any atom is -0.481 e. The predicted octanol–water partition coefficient (Wildman–Crippen LogP) is 0.881. The molecule has 1 aromatic rings. The van der Waals surface area contributed by atoms with E-state index in [1.54, 1.807) is 19.9 Å². The number of carbonyl (C=O) groups excluding carboxylic acids is 2. The molecular weight excluding hydrogens is 278 g/mol. The number of aryl methyl sites for hydroxylation is 1. The number of rotatable bonds is 7. The van der Waals surface area contributed by atoms with Gasteiger partial charge in [0.15, 0.2) is 5.82 Å². The maximum atomic E-state index is 11.8. The number of aliphatic carboxylic acids is 1. The number of carboxylic acid groups (broad SMARTS) is 1. The molecule has 2 amide bonds. The van der Waals surface area contributed by atoms with Gasteiger partial charge in [-0.05, 0) is 12.8 Å². The summed E-state index contributed by atoms with van der Waals surface area (Å²) in [6.07, 6.45) is 0.00312. The number of nitrogens with one attached hydrogen (secondary N) is 1. The summed E-state index contributed by atoms with van der Waals surface area (Å²) in [7, 11) is 1.49. The molecule has 2 N–H and O–H groups in total. The van der Waals surface area contributed by atoms with E-state index in [1.807, 2.05) is 0 Å². The van der Waals surface area contributed by atoms with E-state index in [2.05, 4.69) is 10.5 Å². The van der Waals surface area contributed by atoms with Crippen molar-refractivity contribution in [3.8, 4) is 0 Å². The second-order valence-electron chi connectivity index (χ2n) is 5.03. The summed E-state index contributed by atoms with van der Waals surface area (Å²) < 4.78 is 4.81. The lowest BCUT2D eigenvalue weighted by molar-refractivity contribution is -0.139. The van der Waals surface area contributed by atoms with Crippen molar-refractivity contribution in [3.05, 3.63) is 11.8 Å². The first kappa shape index (κ1) is 16.7. The Labute approximate surface area is 122 Å².